The summed E-state index contributed by atoms with van der Waals surface area (Å²) in [6.45, 7) is 2.16. The maximum Gasteiger partial charge on any atom is 0.273 e. The van der Waals surface area contributed by atoms with E-state index in [0.717, 1.165) is 30.5 Å². The standard InChI is InChI=1S/C14H19N5O2.ClH/c1-8-13-9(4-3-5-11(13)19(2)18-8)17-14(20)10-7-21-12(6-15)16-10;/h7,9H,3-6,15H2,1-2H3,(H,17,20);1H. The van der Waals surface area contributed by atoms with Crippen molar-refractivity contribution in [2.24, 2.45) is 12.8 Å². The monoisotopic (exact) mass is 325 g/mol. The van der Waals surface area contributed by atoms with Crippen LogP contribution in [0.15, 0.2) is 10.7 Å². The summed E-state index contributed by atoms with van der Waals surface area (Å²) < 4.78 is 7.02. The van der Waals surface area contributed by atoms with Gasteiger partial charge in [0.05, 0.1) is 18.3 Å². The van der Waals surface area contributed by atoms with E-state index in [0.29, 0.717) is 5.89 Å². The van der Waals surface area contributed by atoms with Gasteiger partial charge in [-0.3, -0.25) is 9.48 Å². The fraction of sp³-hybridized carbons (Fsp3) is 0.500. The quantitative estimate of drug-likeness (QED) is 0.888. The van der Waals surface area contributed by atoms with Gasteiger partial charge in [-0.25, -0.2) is 4.98 Å². The number of oxazole rings is 1. The van der Waals surface area contributed by atoms with Crippen LogP contribution >= 0.6 is 12.4 Å². The number of carbonyl (C=O) groups is 1. The summed E-state index contributed by atoms with van der Waals surface area (Å²) in [7, 11) is 1.95. The first-order valence-electron chi connectivity index (χ1n) is 7.08. The summed E-state index contributed by atoms with van der Waals surface area (Å²) in [5, 5.41) is 7.48. The molecule has 8 heteroatoms. The Hall–Kier alpha value is -1.86. The summed E-state index contributed by atoms with van der Waals surface area (Å²) in [6.07, 6.45) is 4.29. The lowest BCUT2D eigenvalue weighted by atomic mass is 9.91. The largest absolute Gasteiger partial charge is 0.447 e. The molecule has 0 radical (unpaired) electrons. The highest BCUT2D eigenvalue weighted by atomic mass is 35.5. The number of aromatic nitrogens is 3. The molecular weight excluding hydrogens is 306 g/mol. The van der Waals surface area contributed by atoms with Crippen LogP contribution in [0.1, 0.15) is 52.2 Å². The molecular formula is C14H20ClN5O2. The normalized spacial score (nSPS) is 16.8. The van der Waals surface area contributed by atoms with Crippen LogP contribution in [0.25, 0.3) is 0 Å². The van der Waals surface area contributed by atoms with Crippen molar-refractivity contribution in [3.05, 3.63) is 34.8 Å². The zero-order valence-corrected chi connectivity index (χ0v) is 13.4. The van der Waals surface area contributed by atoms with Gasteiger partial charge in [-0.2, -0.15) is 5.10 Å². The lowest BCUT2D eigenvalue weighted by molar-refractivity contribution is 0.0927. The third-order valence-electron chi connectivity index (χ3n) is 3.91. The van der Waals surface area contributed by atoms with E-state index in [1.165, 1.54) is 12.0 Å². The van der Waals surface area contributed by atoms with E-state index in [-0.39, 0.29) is 36.6 Å². The Labute approximate surface area is 134 Å². The minimum Gasteiger partial charge on any atom is -0.447 e. The molecule has 0 bridgehead atoms. The Morgan fingerprint density at radius 2 is 2.36 bits per heavy atom. The lowest BCUT2D eigenvalue weighted by Crippen LogP contribution is -2.31. The number of hydrogen-bond donors (Lipinski definition) is 2. The second-order valence-electron chi connectivity index (χ2n) is 5.32. The number of halogens is 1. The van der Waals surface area contributed by atoms with Crippen LogP contribution < -0.4 is 11.1 Å². The number of aryl methyl sites for hydroxylation is 2. The summed E-state index contributed by atoms with van der Waals surface area (Å²) >= 11 is 0. The molecule has 0 aliphatic heterocycles. The highest BCUT2D eigenvalue weighted by molar-refractivity contribution is 5.92. The van der Waals surface area contributed by atoms with Crippen molar-refractivity contribution in [1.29, 1.82) is 0 Å². The number of hydrogen-bond acceptors (Lipinski definition) is 5. The number of nitrogens with two attached hydrogens (primary N) is 1. The van der Waals surface area contributed by atoms with Gasteiger partial charge in [-0.1, -0.05) is 0 Å². The van der Waals surface area contributed by atoms with Gasteiger partial charge < -0.3 is 15.5 Å². The smallest absolute Gasteiger partial charge is 0.273 e. The van der Waals surface area contributed by atoms with Gasteiger partial charge in [0.25, 0.3) is 5.91 Å². The van der Waals surface area contributed by atoms with Crippen molar-refractivity contribution in [2.75, 3.05) is 0 Å². The van der Waals surface area contributed by atoms with Crippen LogP contribution in [0.2, 0.25) is 0 Å². The van der Waals surface area contributed by atoms with E-state index in [4.69, 9.17) is 10.2 Å². The molecule has 7 nitrogen and oxygen atoms in total. The average Bonchev–Trinajstić information content (AvgIpc) is 3.05. The first kappa shape index (κ1) is 16.5. The first-order chi connectivity index (χ1) is 10.1. The maximum atomic E-state index is 12.3. The Bertz CT molecular complexity index is 679. The fourth-order valence-corrected chi connectivity index (χ4v) is 2.98. The van der Waals surface area contributed by atoms with Gasteiger partial charge in [0.2, 0.25) is 5.89 Å². The number of carbonyl (C=O) groups excluding carboxylic acids is 1. The minimum absolute atomic E-state index is 0. The topological polar surface area (TPSA) is 99.0 Å². The lowest BCUT2D eigenvalue weighted by Gasteiger charge is -2.24. The fourth-order valence-electron chi connectivity index (χ4n) is 2.98. The molecule has 2 heterocycles. The summed E-state index contributed by atoms with van der Waals surface area (Å²) in [5.74, 6) is 0.126. The van der Waals surface area contributed by atoms with Crippen molar-refractivity contribution in [3.63, 3.8) is 0 Å². The molecule has 0 spiro atoms. The molecule has 1 atom stereocenters. The molecule has 0 aromatic carbocycles. The predicted molar refractivity (Wildman–Crippen MR) is 82.7 cm³/mol. The van der Waals surface area contributed by atoms with Crippen LogP contribution in [-0.4, -0.2) is 20.7 Å². The SMILES string of the molecule is Cc1nn(C)c2c1C(NC(=O)c1coc(CN)n1)CCC2.Cl. The maximum absolute atomic E-state index is 12.3. The molecule has 1 amide bonds. The van der Waals surface area contributed by atoms with Crippen LogP contribution in [0.5, 0.6) is 0 Å². The number of rotatable bonds is 3. The molecule has 3 rings (SSSR count). The Morgan fingerprint density at radius 3 is 3.05 bits per heavy atom. The zero-order chi connectivity index (χ0) is 15.0. The van der Waals surface area contributed by atoms with Gasteiger partial charge in [-0.05, 0) is 26.2 Å². The van der Waals surface area contributed by atoms with Crippen molar-refractivity contribution in [1.82, 2.24) is 20.1 Å². The second-order valence-corrected chi connectivity index (χ2v) is 5.32. The Balaban J connectivity index is 0.00000176. The predicted octanol–water partition coefficient (Wildman–Crippen LogP) is 1.40. The molecule has 22 heavy (non-hydrogen) atoms. The van der Waals surface area contributed by atoms with Gasteiger partial charge in [0, 0.05) is 18.3 Å². The molecule has 0 fully saturated rings. The average molecular weight is 326 g/mol. The number of amides is 1. The highest BCUT2D eigenvalue weighted by Crippen LogP contribution is 2.31. The van der Waals surface area contributed by atoms with Gasteiger partial charge in [0.1, 0.15) is 6.26 Å². The number of fused-ring (bicyclic) bond motifs is 1. The Morgan fingerprint density at radius 1 is 1.59 bits per heavy atom. The summed E-state index contributed by atoms with van der Waals surface area (Å²) in [4.78, 5) is 16.3. The van der Waals surface area contributed by atoms with E-state index in [1.807, 2.05) is 18.7 Å². The first-order valence-corrected chi connectivity index (χ1v) is 7.08. The van der Waals surface area contributed by atoms with Gasteiger partial charge >= 0.3 is 0 Å². The van der Waals surface area contributed by atoms with E-state index < -0.39 is 0 Å². The van der Waals surface area contributed by atoms with Crippen LogP contribution in [-0.2, 0) is 20.0 Å². The van der Waals surface area contributed by atoms with Crippen molar-refractivity contribution in [3.8, 4) is 0 Å². The zero-order valence-electron chi connectivity index (χ0n) is 12.6. The number of nitrogens with one attached hydrogen (secondary N) is 1. The van der Waals surface area contributed by atoms with E-state index in [9.17, 15) is 4.79 Å². The minimum atomic E-state index is -0.237. The molecule has 1 aliphatic carbocycles. The molecule has 0 saturated heterocycles. The van der Waals surface area contributed by atoms with Crippen molar-refractivity contribution < 1.29 is 9.21 Å². The van der Waals surface area contributed by atoms with Crippen LogP contribution in [0.3, 0.4) is 0 Å². The van der Waals surface area contributed by atoms with Crippen LogP contribution in [0.4, 0.5) is 0 Å². The van der Waals surface area contributed by atoms with Crippen LogP contribution in [0, 0.1) is 6.92 Å². The highest BCUT2D eigenvalue weighted by Gasteiger charge is 2.28. The summed E-state index contributed by atoms with van der Waals surface area (Å²) in [5.41, 5.74) is 9.01. The molecule has 3 N–H and O–H groups in total. The van der Waals surface area contributed by atoms with E-state index in [2.05, 4.69) is 15.4 Å². The molecule has 2 aromatic heterocycles. The number of nitrogens with zero attached hydrogens (tertiary/aromatic N) is 3. The van der Waals surface area contributed by atoms with E-state index in [1.54, 1.807) is 0 Å². The third kappa shape index (κ3) is 2.86. The third-order valence-corrected chi connectivity index (χ3v) is 3.91. The van der Waals surface area contributed by atoms with Gasteiger partial charge in [-0.15, -0.1) is 12.4 Å². The Kier molecular flexibility index (Phi) is 4.87. The molecule has 2 aromatic rings. The second kappa shape index (κ2) is 6.50. The summed E-state index contributed by atoms with van der Waals surface area (Å²) in [6, 6.07) is -0.0204. The molecule has 1 unspecified atom stereocenters. The molecule has 0 saturated carbocycles. The molecule has 120 valence electrons. The van der Waals surface area contributed by atoms with Crippen molar-refractivity contribution in [2.45, 2.75) is 38.8 Å². The van der Waals surface area contributed by atoms with E-state index >= 15 is 0 Å². The van der Waals surface area contributed by atoms with Crippen molar-refractivity contribution >= 4 is 18.3 Å². The molecule has 1 aliphatic rings. The van der Waals surface area contributed by atoms with Gasteiger partial charge in [0.15, 0.2) is 5.69 Å².